The zero-order chi connectivity index (χ0) is 13.1. The minimum atomic E-state index is -0.442. The third-order valence-electron chi connectivity index (χ3n) is 3.67. The van der Waals surface area contributed by atoms with Gasteiger partial charge in [0.05, 0.1) is 6.10 Å². The predicted octanol–water partition coefficient (Wildman–Crippen LogP) is 1.59. The van der Waals surface area contributed by atoms with Crippen LogP contribution in [-0.2, 0) is 0 Å². The van der Waals surface area contributed by atoms with Crippen molar-refractivity contribution < 1.29 is 5.11 Å². The number of aliphatic hydroxyl groups is 1. The van der Waals surface area contributed by atoms with E-state index in [9.17, 15) is 5.11 Å². The van der Waals surface area contributed by atoms with Crippen molar-refractivity contribution in [3.05, 3.63) is 23.4 Å². The summed E-state index contributed by atoms with van der Waals surface area (Å²) in [7, 11) is 0. The van der Waals surface area contributed by atoms with Crippen LogP contribution < -0.4 is 4.90 Å². The smallest absolute Gasteiger partial charge is 0.131 e. The van der Waals surface area contributed by atoms with Crippen molar-refractivity contribution in [1.29, 1.82) is 0 Å². The first kappa shape index (κ1) is 13.3. The zero-order valence-corrected chi connectivity index (χ0v) is 11.6. The third kappa shape index (κ3) is 2.82. The van der Waals surface area contributed by atoms with E-state index >= 15 is 0 Å². The van der Waals surface area contributed by atoms with Gasteiger partial charge < -0.3 is 14.9 Å². The lowest BCUT2D eigenvalue weighted by atomic mass is 10.1. The number of hydrogen-bond donors (Lipinski definition) is 1. The van der Waals surface area contributed by atoms with Gasteiger partial charge in [0.15, 0.2) is 0 Å². The minimum Gasteiger partial charge on any atom is -0.389 e. The molecule has 2 heterocycles. The summed E-state index contributed by atoms with van der Waals surface area (Å²) < 4.78 is 0. The molecule has 1 aromatic heterocycles. The second-order valence-corrected chi connectivity index (χ2v) is 5.01. The van der Waals surface area contributed by atoms with E-state index in [1.165, 1.54) is 0 Å². The fourth-order valence-corrected chi connectivity index (χ4v) is 2.42. The molecule has 0 amide bonds. The number of likely N-dealkylation sites (N-methyl/N-ethyl adjacent to an activating group) is 1. The number of aryl methyl sites for hydroxylation is 1. The largest absolute Gasteiger partial charge is 0.389 e. The minimum absolute atomic E-state index is 0.442. The maximum atomic E-state index is 9.56. The van der Waals surface area contributed by atoms with Crippen LogP contribution in [0.5, 0.6) is 0 Å². The first-order valence-electron chi connectivity index (χ1n) is 6.73. The van der Waals surface area contributed by atoms with Crippen molar-refractivity contribution in [1.82, 2.24) is 9.88 Å². The number of rotatable bonds is 3. The van der Waals surface area contributed by atoms with E-state index in [1.54, 1.807) is 13.1 Å². The summed E-state index contributed by atoms with van der Waals surface area (Å²) in [5.74, 6) is 1.06. The van der Waals surface area contributed by atoms with Gasteiger partial charge >= 0.3 is 0 Å². The third-order valence-corrected chi connectivity index (χ3v) is 3.67. The first-order valence-corrected chi connectivity index (χ1v) is 6.73. The Bertz CT molecular complexity index is 398. The van der Waals surface area contributed by atoms with E-state index in [0.717, 1.165) is 49.7 Å². The zero-order valence-electron chi connectivity index (χ0n) is 11.6. The highest BCUT2D eigenvalue weighted by Crippen LogP contribution is 2.22. The van der Waals surface area contributed by atoms with Gasteiger partial charge in [-0.25, -0.2) is 4.98 Å². The molecule has 1 saturated heterocycles. The number of aliphatic hydroxyl groups excluding tert-OH is 1. The molecule has 1 aliphatic heterocycles. The molecule has 0 aliphatic carbocycles. The Balaban J connectivity index is 2.10. The van der Waals surface area contributed by atoms with Crippen LogP contribution in [0.15, 0.2) is 12.3 Å². The quantitative estimate of drug-likeness (QED) is 0.883. The highest BCUT2D eigenvalue weighted by Gasteiger charge is 2.18. The van der Waals surface area contributed by atoms with Gasteiger partial charge in [-0.15, -0.1) is 0 Å². The Morgan fingerprint density at radius 2 is 2.00 bits per heavy atom. The lowest BCUT2D eigenvalue weighted by Gasteiger charge is -2.35. The highest BCUT2D eigenvalue weighted by atomic mass is 16.3. The molecule has 4 heteroatoms. The number of nitrogens with zero attached hydrogens (tertiary/aromatic N) is 3. The summed E-state index contributed by atoms with van der Waals surface area (Å²) >= 11 is 0. The summed E-state index contributed by atoms with van der Waals surface area (Å²) in [6.45, 7) is 11.5. The summed E-state index contributed by atoms with van der Waals surface area (Å²) in [5.41, 5.74) is 2.04. The monoisotopic (exact) mass is 249 g/mol. The van der Waals surface area contributed by atoms with Crippen molar-refractivity contribution in [2.24, 2.45) is 0 Å². The van der Waals surface area contributed by atoms with Crippen molar-refractivity contribution in [2.75, 3.05) is 37.6 Å². The average molecular weight is 249 g/mol. The molecule has 4 nitrogen and oxygen atoms in total. The van der Waals surface area contributed by atoms with Crippen LogP contribution in [0.25, 0.3) is 0 Å². The molecule has 1 fully saturated rings. The molecular weight excluding hydrogens is 226 g/mol. The topological polar surface area (TPSA) is 39.6 Å². The Morgan fingerprint density at radius 1 is 1.33 bits per heavy atom. The fourth-order valence-electron chi connectivity index (χ4n) is 2.42. The Labute approximate surface area is 109 Å². The second kappa shape index (κ2) is 5.67. The van der Waals surface area contributed by atoms with Crippen LogP contribution in [0.4, 0.5) is 5.82 Å². The molecule has 0 unspecified atom stereocenters. The Morgan fingerprint density at radius 3 is 2.50 bits per heavy atom. The molecule has 1 aromatic rings. The summed E-state index contributed by atoms with van der Waals surface area (Å²) in [6.07, 6.45) is 1.35. The predicted molar refractivity (Wildman–Crippen MR) is 73.9 cm³/mol. The normalized spacial score (nSPS) is 19.0. The maximum absolute atomic E-state index is 9.56. The molecular formula is C14H23N3O. The molecule has 0 aromatic carbocycles. The van der Waals surface area contributed by atoms with E-state index in [-0.39, 0.29) is 0 Å². The van der Waals surface area contributed by atoms with Gasteiger partial charge in [-0.3, -0.25) is 0 Å². The highest BCUT2D eigenvalue weighted by molar-refractivity contribution is 5.48. The van der Waals surface area contributed by atoms with Crippen LogP contribution in [-0.4, -0.2) is 47.7 Å². The van der Waals surface area contributed by atoms with E-state index in [4.69, 9.17) is 0 Å². The number of piperazine rings is 1. The van der Waals surface area contributed by atoms with Gasteiger partial charge in [0.25, 0.3) is 0 Å². The number of anilines is 1. The molecule has 0 saturated carbocycles. The number of hydrogen-bond acceptors (Lipinski definition) is 4. The van der Waals surface area contributed by atoms with Crippen LogP contribution in [0.1, 0.15) is 31.1 Å². The van der Waals surface area contributed by atoms with Crippen LogP contribution in [0, 0.1) is 6.92 Å². The Kier molecular flexibility index (Phi) is 4.19. The van der Waals surface area contributed by atoms with Crippen molar-refractivity contribution >= 4 is 5.82 Å². The van der Waals surface area contributed by atoms with Crippen LogP contribution in [0.2, 0.25) is 0 Å². The fraction of sp³-hybridized carbons (Fsp3) is 0.643. The number of pyridine rings is 1. The van der Waals surface area contributed by atoms with E-state index in [2.05, 4.69) is 28.6 Å². The Hall–Kier alpha value is -1.13. The van der Waals surface area contributed by atoms with Gasteiger partial charge in [0.2, 0.25) is 0 Å². The summed E-state index contributed by atoms with van der Waals surface area (Å²) in [5, 5.41) is 9.56. The molecule has 2 rings (SSSR count). The van der Waals surface area contributed by atoms with Gasteiger partial charge in [-0.2, -0.15) is 0 Å². The SMILES string of the molecule is CCN1CCN(c2ncc([C@@H](C)O)cc2C)CC1. The summed E-state index contributed by atoms with van der Waals surface area (Å²) in [6, 6.07) is 2.04. The average Bonchev–Trinajstić information content (AvgIpc) is 2.38. The first-order chi connectivity index (χ1) is 8.61. The molecule has 0 spiro atoms. The van der Waals surface area contributed by atoms with Gasteiger partial charge in [0.1, 0.15) is 5.82 Å². The number of aromatic nitrogens is 1. The van der Waals surface area contributed by atoms with Gasteiger partial charge in [-0.05, 0) is 37.6 Å². The molecule has 0 bridgehead atoms. The molecule has 100 valence electrons. The van der Waals surface area contributed by atoms with Crippen molar-refractivity contribution in [3.8, 4) is 0 Å². The summed E-state index contributed by atoms with van der Waals surface area (Å²) in [4.78, 5) is 9.32. The van der Waals surface area contributed by atoms with Gasteiger partial charge in [-0.1, -0.05) is 6.92 Å². The van der Waals surface area contributed by atoms with E-state index < -0.39 is 6.10 Å². The van der Waals surface area contributed by atoms with E-state index in [0.29, 0.717) is 0 Å². The molecule has 1 aliphatic rings. The molecule has 1 N–H and O–H groups in total. The molecule has 18 heavy (non-hydrogen) atoms. The van der Waals surface area contributed by atoms with Crippen molar-refractivity contribution in [3.63, 3.8) is 0 Å². The van der Waals surface area contributed by atoms with E-state index in [1.807, 2.05) is 6.07 Å². The second-order valence-electron chi connectivity index (χ2n) is 5.01. The lowest BCUT2D eigenvalue weighted by Crippen LogP contribution is -2.46. The maximum Gasteiger partial charge on any atom is 0.131 e. The lowest BCUT2D eigenvalue weighted by molar-refractivity contribution is 0.199. The van der Waals surface area contributed by atoms with Crippen LogP contribution >= 0.6 is 0 Å². The van der Waals surface area contributed by atoms with Crippen LogP contribution in [0.3, 0.4) is 0 Å². The molecule has 0 radical (unpaired) electrons. The molecule has 1 atom stereocenters. The van der Waals surface area contributed by atoms with Gasteiger partial charge in [0, 0.05) is 32.4 Å². The standard InChI is InChI=1S/C14H23N3O/c1-4-16-5-7-17(8-6-16)14-11(2)9-13(10-15-14)12(3)18/h9-10,12,18H,4-8H2,1-3H3/t12-/m1/s1. The van der Waals surface area contributed by atoms with Crippen molar-refractivity contribution in [2.45, 2.75) is 26.9 Å².